The molecule has 0 aliphatic carbocycles. The molecule has 0 bridgehead atoms. The summed E-state index contributed by atoms with van der Waals surface area (Å²) in [6, 6.07) is 17.1. The van der Waals surface area contributed by atoms with Gasteiger partial charge >= 0.3 is 0 Å². The molecule has 3 aromatic rings. The standard InChI is InChI=1S/C18H10ClFN2O/c19-16-9-15(20)7-6-13(16)11-22-18-14(10-21)8-17(23-18)12-4-2-1-3-5-12/h1-9,11H. The van der Waals surface area contributed by atoms with Crippen molar-refractivity contribution in [2.45, 2.75) is 0 Å². The average Bonchev–Trinajstić information content (AvgIpc) is 2.98. The van der Waals surface area contributed by atoms with Gasteiger partial charge in [0.25, 0.3) is 0 Å². The third-order valence-corrected chi connectivity index (χ3v) is 3.50. The van der Waals surface area contributed by atoms with Crippen molar-refractivity contribution >= 4 is 23.7 Å². The molecule has 0 aliphatic heterocycles. The fourth-order valence-electron chi connectivity index (χ4n) is 2.04. The quantitative estimate of drug-likeness (QED) is 0.609. The summed E-state index contributed by atoms with van der Waals surface area (Å²) in [7, 11) is 0. The van der Waals surface area contributed by atoms with Gasteiger partial charge in [-0.15, -0.1) is 0 Å². The van der Waals surface area contributed by atoms with E-state index in [0.717, 1.165) is 5.56 Å². The van der Waals surface area contributed by atoms with Crippen LogP contribution in [0.15, 0.2) is 64.0 Å². The molecule has 0 radical (unpaired) electrons. The zero-order valence-electron chi connectivity index (χ0n) is 11.8. The number of hydrogen-bond acceptors (Lipinski definition) is 3. The van der Waals surface area contributed by atoms with Gasteiger partial charge in [0.2, 0.25) is 5.88 Å². The first-order chi connectivity index (χ1) is 11.2. The molecule has 23 heavy (non-hydrogen) atoms. The minimum atomic E-state index is -0.422. The number of nitrogens with zero attached hydrogens (tertiary/aromatic N) is 2. The van der Waals surface area contributed by atoms with Crippen molar-refractivity contribution in [3.63, 3.8) is 0 Å². The van der Waals surface area contributed by atoms with E-state index in [1.165, 1.54) is 24.4 Å². The van der Waals surface area contributed by atoms with Crippen LogP contribution in [-0.2, 0) is 0 Å². The summed E-state index contributed by atoms with van der Waals surface area (Å²) in [5.41, 5.74) is 1.71. The maximum Gasteiger partial charge on any atom is 0.237 e. The van der Waals surface area contributed by atoms with Crippen molar-refractivity contribution in [3.05, 3.63) is 76.6 Å². The second-order valence-electron chi connectivity index (χ2n) is 4.73. The molecular formula is C18H10ClFN2O. The molecule has 0 amide bonds. The lowest BCUT2D eigenvalue weighted by Gasteiger charge is -1.97. The Kier molecular flexibility index (Phi) is 4.22. The van der Waals surface area contributed by atoms with Gasteiger partial charge in [-0.3, -0.25) is 0 Å². The van der Waals surface area contributed by atoms with Crippen LogP contribution in [0.4, 0.5) is 10.3 Å². The number of halogens is 2. The molecule has 0 fully saturated rings. The molecule has 0 saturated carbocycles. The summed E-state index contributed by atoms with van der Waals surface area (Å²) in [5.74, 6) is 0.320. The number of hydrogen-bond donors (Lipinski definition) is 0. The molecule has 2 aromatic carbocycles. The highest BCUT2D eigenvalue weighted by molar-refractivity contribution is 6.33. The summed E-state index contributed by atoms with van der Waals surface area (Å²) in [5, 5.41) is 9.45. The van der Waals surface area contributed by atoms with E-state index in [9.17, 15) is 9.65 Å². The van der Waals surface area contributed by atoms with E-state index in [2.05, 4.69) is 4.99 Å². The van der Waals surface area contributed by atoms with Gasteiger partial charge in [0.05, 0.1) is 5.02 Å². The van der Waals surface area contributed by atoms with Crippen LogP contribution in [0.5, 0.6) is 0 Å². The van der Waals surface area contributed by atoms with E-state index in [4.69, 9.17) is 16.0 Å². The Labute approximate surface area is 137 Å². The lowest BCUT2D eigenvalue weighted by molar-refractivity contribution is 0.592. The van der Waals surface area contributed by atoms with Gasteiger partial charge in [-0.2, -0.15) is 5.26 Å². The van der Waals surface area contributed by atoms with Crippen LogP contribution in [-0.4, -0.2) is 6.21 Å². The van der Waals surface area contributed by atoms with E-state index >= 15 is 0 Å². The maximum absolute atomic E-state index is 13.0. The monoisotopic (exact) mass is 324 g/mol. The minimum absolute atomic E-state index is 0.187. The predicted molar refractivity (Wildman–Crippen MR) is 87.5 cm³/mol. The minimum Gasteiger partial charge on any atom is -0.437 e. The van der Waals surface area contributed by atoms with Crippen molar-refractivity contribution in [2.24, 2.45) is 4.99 Å². The summed E-state index contributed by atoms with van der Waals surface area (Å²) < 4.78 is 18.7. The maximum atomic E-state index is 13.0. The zero-order chi connectivity index (χ0) is 16.2. The van der Waals surface area contributed by atoms with Gasteiger partial charge in [-0.05, 0) is 18.2 Å². The molecule has 0 N–H and O–H groups in total. The highest BCUT2D eigenvalue weighted by Crippen LogP contribution is 2.30. The van der Waals surface area contributed by atoms with Crippen LogP contribution in [0.1, 0.15) is 11.1 Å². The van der Waals surface area contributed by atoms with Crippen LogP contribution in [0.25, 0.3) is 11.3 Å². The highest BCUT2D eigenvalue weighted by atomic mass is 35.5. The lowest BCUT2D eigenvalue weighted by Crippen LogP contribution is -1.84. The van der Waals surface area contributed by atoms with Crippen LogP contribution >= 0.6 is 11.6 Å². The molecule has 3 rings (SSSR count). The number of furan rings is 1. The van der Waals surface area contributed by atoms with Crippen molar-refractivity contribution in [3.8, 4) is 17.4 Å². The molecule has 0 saturated heterocycles. The Balaban J connectivity index is 1.95. The SMILES string of the molecule is N#Cc1cc(-c2ccccc2)oc1N=Cc1ccc(F)cc1Cl. The molecule has 3 nitrogen and oxygen atoms in total. The topological polar surface area (TPSA) is 49.3 Å². The Hall–Kier alpha value is -2.90. The first kappa shape index (κ1) is 15.0. The van der Waals surface area contributed by atoms with Gasteiger partial charge in [0, 0.05) is 23.4 Å². The van der Waals surface area contributed by atoms with Crippen molar-refractivity contribution in [1.29, 1.82) is 5.26 Å². The third-order valence-electron chi connectivity index (χ3n) is 3.17. The van der Waals surface area contributed by atoms with Gasteiger partial charge in [-0.1, -0.05) is 41.9 Å². The second kappa shape index (κ2) is 6.47. The smallest absolute Gasteiger partial charge is 0.237 e. The fraction of sp³-hybridized carbons (Fsp3) is 0. The Bertz CT molecular complexity index is 911. The molecular weight excluding hydrogens is 315 g/mol. The first-order valence-corrected chi connectivity index (χ1v) is 7.13. The molecule has 5 heteroatoms. The average molecular weight is 325 g/mol. The van der Waals surface area contributed by atoms with E-state index in [1.807, 2.05) is 36.4 Å². The molecule has 112 valence electrons. The number of benzene rings is 2. The zero-order valence-corrected chi connectivity index (χ0v) is 12.6. The van der Waals surface area contributed by atoms with Crippen molar-refractivity contribution in [2.75, 3.05) is 0 Å². The normalized spacial score (nSPS) is 10.8. The van der Waals surface area contributed by atoms with Crippen molar-refractivity contribution in [1.82, 2.24) is 0 Å². The summed E-state index contributed by atoms with van der Waals surface area (Å²) in [6.07, 6.45) is 1.44. The Morgan fingerprint density at radius 1 is 1.13 bits per heavy atom. The first-order valence-electron chi connectivity index (χ1n) is 6.76. The molecule has 1 heterocycles. The summed E-state index contributed by atoms with van der Waals surface area (Å²) in [4.78, 5) is 4.16. The third kappa shape index (κ3) is 3.31. The molecule has 0 atom stereocenters. The largest absolute Gasteiger partial charge is 0.437 e. The number of rotatable bonds is 3. The summed E-state index contributed by atoms with van der Waals surface area (Å²) >= 11 is 5.94. The lowest BCUT2D eigenvalue weighted by atomic mass is 10.1. The van der Waals surface area contributed by atoms with Crippen LogP contribution < -0.4 is 0 Å². The molecule has 1 aromatic heterocycles. The van der Waals surface area contributed by atoms with E-state index in [1.54, 1.807) is 6.07 Å². The van der Waals surface area contributed by atoms with Crippen molar-refractivity contribution < 1.29 is 8.81 Å². The van der Waals surface area contributed by atoms with Gasteiger partial charge in [-0.25, -0.2) is 9.38 Å². The van der Waals surface area contributed by atoms with Gasteiger partial charge < -0.3 is 4.42 Å². The van der Waals surface area contributed by atoms with Gasteiger partial charge in [0.15, 0.2) is 0 Å². The Morgan fingerprint density at radius 3 is 2.61 bits per heavy atom. The van der Waals surface area contributed by atoms with Gasteiger partial charge in [0.1, 0.15) is 23.2 Å². The second-order valence-corrected chi connectivity index (χ2v) is 5.14. The Morgan fingerprint density at radius 2 is 1.91 bits per heavy atom. The fourth-order valence-corrected chi connectivity index (χ4v) is 2.25. The number of nitriles is 1. The van der Waals surface area contributed by atoms with E-state index in [0.29, 0.717) is 16.9 Å². The highest BCUT2D eigenvalue weighted by Gasteiger charge is 2.11. The van der Waals surface area contributed by atoms with E-state index < -0.39 is 5.82 Å². The van der Waals surface area contributed by atoms with Crippen LogP contribution in [0.3, 0.4) is 0 Å². The summed E-state index contributed by atoms with van der Waals surface area (Å²) in [6.45, 7) is 0. The molecule has 0 spiro atoms. The predicted octanol–water partition coefficient (Wildman–Crippen LogP) is 5.36. The van der Waals surface area contributed by atoms with E-state index in [-0.39, 0.29) is 10.9 Å². The molecule has 0 unspecified atom stereocenters. The molecule has 0 aliphatic rings. The van der Waals surface area contributed by atoms with Crippen LogP contribution in [0.2, 0.25) is 5.02 Å². The number of aliphatic imine (C=N–C) groups is 1. The van der Waals surface area contributed by atoms with Crippen LogP contribution in [0, 0.1) is 17.1 Å².